The van der Waals surface area contributed by atoms with Gasteiger partial charge in [0.05, 0.1) is 25.0 Å². The summed E-state index contributed by atoms with van der Waals surface area (Å²) in [5.74, 6) is -1.88. The summed E-state index contributed by atoms with van der Waals surface area (Å²) in [6.07, 6.45) is 0. The summed E-state index contributed by atoms with van der Waals surface area (Å²) in [7, 11) is -1.66. The highest BCUT2D eigenvalue weighted by Gasteiger charge is 2.38. The van der Waals surface area contributed by atoms with E-state index in [2.05, 4.69) is 5.32 Å². The number of ether oxygens (including phenoxy) is 1. The lowest BCUT2D eigenvalue weighted by molar-refractivity contribution is -0.142. The van der Waals surface area contributed by atoms with Crippen LogP contribution in [0.2, 0.25) is 0 Å². The summed E-state index contributed by atoms with van der Waals surface area (Å²) in [5.41, 5.74) is 0. The second kappa shape index (κ2) is 6.89. The first-order valence-electron chi connectivity index (χ1n) is 6.30. The Hall–Kier alpha value is -1.35. The quantitative estimate of drug-likeness (QED) is 0.661. The Morgan fingerprint density at radius 2 is 2.05 bits per heavy atom. The van der Waals surface area contributed by atoms with Gasteiger partial charge in [-0.3, -0.25) is 4.79 Å². The van der Waals surface area contributed by atoms with Crippen LogP contribution in [0.1, 0.15) is 6.92 Å². The zero-order chi connectivity index (χ0) is 15.3. The Bertz CT molecular complexity index is 464. The van der Waals surface area contributed by atoms with E-state index in [0.29, 0.717) is 0 Å². The molecule has 20 heavy (non-hydrogen) atoms. The normalized spacial score (nSPS) is 22.5. The Kier molecular flexibility index (Phi) is 5.75. The summed E-state index contributed by atoms with van der Waals surface area (Å²) < 4.78 is 27.7. The van der Waals surface area contributed by atoms with E-state index in [-0.39, 0.29) is 31.3 Å². The second-order valence-corrected chi connectivity index (χ2v) is 7.10. The maximum atomic E-state index is 11.8. The van der Waals surface area contributed by atoms with Gasteiger partial charge in [0.25, 0.3) is 0 Å². The van der Waals surface area contributed by atoms with Crippen molar-refractivity contribution in [3.05, 3.63) is 0 Å². The van der Waals surface area contributed by atoms with Crippen molar-refractivity contribution in [1.82, 2.24) is 10.2 Å². The van der Waals surface area contributed by atoms with Crippen LogP contribution in [0.25, 0.3) is 0 Å². The van der Waals surface area contributed by atoms with Crippen LogP contribution in [0, 0.1) is 5.92 Å². The Morgan fingerprint density at radius 3 is 2.60 bits per heavy atom. The zero-order valence-electron chi connectivity index (χ0n) is 11.5. The fourth-order valence-corrected chi connectivity index (χ4v) is 2.60. The number of hydrogen-bond acceptors (Lipinski definition) is 5. The number of amides is 2. The number of aliphatic carboxylic acids is 1. The van der Waals surface area contributed by atoms with Crippen LogP contribution in [-0.2, 0) is 19.4 Å². The topological polar surface area (TPSA) is 113 Å². The predicted octanol–water partition coefficient (Wildman–Crippen LogP) is -0.838. The van der Waals surface area contributed by atoms with Crippen molar-refractivity contribution in [2.24, 2.45) is 5.92 Å². The summed E-state index contributed by atoms with van der Waals surface area (Å²) in [6, 6.07) is -1.05. The number of sulfone groups is 1. The van der Waals surface area contributed by atoms with E-state index >= 15 is 0 Å². The number of nitrogens with zero attached hydrogens (tertiary/aromatic N) is 1. The van der Waals surface area contributed by atoms with Gasteiger partial charge in [-0.2, -0.15) is 0 Å². The largest absolute Gasteiger partial charge is 0.481 e. The number of carboxylic acids is 1. The van der Waals surface area contributed by atoms with Gasteiger partial charge in [-0.05, 0) is 0 Å². The molecule has 1 aliphatic heterocycles. The third kappa shape index (κ3) is 4.34. The number of likely N-dealkylation sites (N-methyl/N-ethyl adjacent to an activating group) is 1. The molecule has 2 amide bonds. The maximum absolute atomic E-state index is 11.8. The van der Waals surface area contributed by atoms with Crippen LogP contribution < -0.4 is 5.32 Å². The number of nitrogens with one attached hydrogen (secondary N) is 1. The lowest BCUT2D eigenvalue weighted by atomic mass is 10.0. The first-order valence-corrected chi connectivity index (χ1v) is 8.12. The van der Waals surface area contributed by atoms with Crippen LogP contribution in [0.4, 0.5) is 4.79 Å². The van der Waals surface area contributed by atoms with Crippen LogP contribution in [0.3, 0.4) is 0 Å². The highest BCUT2D eigenvalue weighted by Crippen LogP contribution is 2.18. The van der Waals surface area contributed by atoms with Crippen molar-refractivity contribution in [1.29, 1.82) is 0 Å². The Morgan fingerprint density at radius 1 is 1.40 bits per heavy atom. The summed E-state index contributed by atoms with van der Waals surface area (Å²) in [5, 5.41) is 11.5. The van der Waals surface area contributed by atoms with E-state index in [1.807, 2.05) is 0 Å². The van der Waals surface area contributed by atoms with Gasteiger partial charge in [0.2, 0.25) is 0 Å². The molecule has 1 saturated heterocycles. The minimum Gasteiger partial charge on any atom is -0.481 e. The molecular formula is C11H20N2O6S. The van der Waals surface area contributed by atoms with E-state index in [4.69, 9.17) is 9.84 Å². The molecule has 0 saturated carbocycles. The van der Waals surface area contributed by atoms with Gasteiger partial charge in [0, 0.05) is 19.3 Å². The van der Waals surface area contributed by atoms with Gasteiger partial charge < -0.3 is 20.1 Å². The fraction of sp³-hybridized carbons (Fsp3) is 0.818. The lowest BCUT2D eigenvalue weighted by Crippen LogP contribution is -2.49. The van der Waals surface area contributed by atoms with E-state index in [9.17, 15) is 18.0 Å². The van der Waals surface area contributed by atoms with Gasteiger partial charge in [-0.1, -0.05) is 6.92 Å². The minimum absolute atomic E-state index is 0.00462. The van der Waals surface area contributed by atoms with E-state index in [0.717, 1.165) is 0 Å². The van der Waals surface area contributed by atoms with E-state index < -0.39 is 33.8 Å². The van der Waals surface area contributed by atoms with Crippen molar-refractivity contribution >= 4 is 21.8 Å². The van der Waals surface area contributed by atoms with Crippen molar-refractivity contribution < 1.29 is 27.9 Å². The number of carboxylic acid groups (broad SMARTS) is 1. The third-order valence-electron chi connectivity index (χ3n) is 3.31. The molecule has 1 heterocycles. The molecule has 0 radical (unpaired) electrons. The van der Waals surface area contributed by atoms with Gasteiger partial charge in [-0.25, -0.2) is 13.2 Å². The molecular weight excluding hydrogens is 288 g/mol. The van der Waals surface area contributed by atoms with Gasteiger partial charge >= 0.3 is 12.0 Å². The van der Waals surface area contributed by atoms with Crippen molar-refractivity contribution in [3.8, 4) is 0 Å². The van der Waals surface area contributed by atoms with Crippen molar-refractivity contribution in [3.63, 3.8) is 0 Å². The number of hydrogen-bond donors (Lipinski definition) is 2. The average molecular weight is 308 g/mol. The predicted molar refractivity (Wildman–Crippen MR) is 71.2 cm³/mol. The van der Waals surface area contributed by atoms with Gasteiger partial charge in [0.1, 0.15) is 5.92 Å². The molecule has 1 aliphatic rings. The SMILES string of the molecule is CCS(=O)(=O)CCNC(=O)N(C)C1COCC1C(=O)O. The minimum atomic E-state index is -3.14. The van der Waals surface area contributed by atoms with E-state index in [1.165, 1.54) is 18.9 Å². The highest BCUT2D eigenvalue weighted by atomic mass is 32.2. The number of carbonyl (C=O) groups is 2. The molecule has 2 N–H and O–H groups in total. The first-order chi connectivity index (χ1) is 9.28. The van der Waals surface area contributed by atoms with Crippen molar-refractivity contribution in [2.75, 3.05) is 38.3 Å². The number of urea groups is 1. The van der Waals surface area contributed by atoms with Crippen LogP contribution in [-0.4, -0.2) is 74.8 Å². The van der Waals surface area contributed by atoms with Crippen LogP contribution >= 0.6 is 0 Å². The summed E-state index contributed by atoms with van der Waals surface area (Å²) in [4.78, 5) is 24.1. The molecule has 116 valence electrons. The smallest absolute Gasteiger partial charge is 0.317 e. The summed E-state index contributed by atoms with van der Waals surface area (Å²) >= 11 is 0. The lowest BCUT2D eigenvalue weighted by Gasteiger charge is -2.26. The van der Waals surface area contributed by atoms with Crippen LogP contribution in [0.15, 0.2) is 0 Å². The average Bonchev–Trinajstić information content (AvgIpc) is 2.86. The molecule has 0 aromatic rings. The molecule has 0 bridgehead atoms. The third-order valence-corrected chi connectivity index (χ3v) is 5.02. The molecule has 0 aromatic carbocycles. The van der Waals surface area contributed by atoms with Gasteiger partial charge in [-0.15, -0.1) is 0 Å². The molecule has 1 rings (SSSR count). The molecule has 0 aliphatic carbocycles. The highest BCUT2D eigenvalue weighted by molar-refractivity contribution is 7.91. The van der Waals surface area contributed by atoms with Gasteiger partial charge in [0.15, 0.2) is 9.84 Å². The first kappa shape index (κ1) is 16.7. The molecule has 0 aromatic heterocycles. The standard InChI is InChI=1S/C11H20N2O6S/c1-3-20(17,18)5-4-12-11(16)13(2)9-7-19-6-8(9)10(14)15/h8-9H,3-7H2,1-2H3,(H,12,16)(H,14,15). The molecule has 2 unspecified atom stereocenters. The van der Waals surface area contributed by atoms with Crippen molar-refractivity contribution in [2.45, 2.75) is 13.0 Å². The molecule has 2 atom stereocenters. The van der Waals surface area contributed by atoms with E-state index in [1.54, 1.807) is 0 Å². The number of carbonyl (C=O) groups excluding carboxylic acids is 1. The Balaban J connectivity index is 2.49. The number of rotatable bonds is 6. The Labute approximate surface area is 118 Å². The molecule has 9 heteroatoms. The fourth-order valence-electron chi connectivity index (χ4n) is 1.89. The maximum Gasteiger partial charge on any atom is 0.317 e. The molecule has 8 nitrogen and oxygen atoms in total. The molecule has 1 fully saturated rings. The second-order valence-electron chi connectivity index (χ2n) is 4.63. The van der Waals surface area contributed by atoms with Crippen LogP contribution in [0.5, 0.6) is 0 Å². The zero-order valence-corrected chi connectivity index (χ0v) is 12.4. The monoisotopic (exact) mass is 308 g/mol. The molecule has 0 spiro atoms. The summed E-state index contributed by atoms with van der Waals surface area (Å²) in [6.45, 7) is 1.78.